The smallest absolute Gasteiger partial charge is 0.411 e. The van der Waals surface area contributed by atoms with Crippen molar-refractivity contribution >= 4 is 6.09 Å². The summed E-state index contributed by atoms with van der Waals surface area (Å²) in [7, 11) is 1.09. The standard InChI is InChI=1S/C10H16F3NO2/c1-8(2,3)14(7(15)16-4)9(5-6-9)10(11,12)13/h5-6H2,1-4H3. The third kappa shape index (κ3) is 1.97. The first-order chi connectivity index (χ1) is 7.06. The van der Waals surface area contributed by atoms with Crippen LogP contribution in [0.4, 0.5) is 18.0 Å². The van der Waals surface area contributed by atoms with E-state index in [-0.39, 0.29) is 12.8 Å². The average Bonchev–Trinajstić information content (AvgIpc) is 2.81. The van der Waals surface area contributed by atoms with E-state index in [1.807, 2.05) is 0 Å². The van der Waals surface area contributed by atoms with Gasteiger partial charge >= 0.3 is 12.3 Å². The van der Waals surface area contributed by atoms with Gasteiger partial charge in [-0.3, -0.25) is 4.90 Å². The predicted octanol–water partition coefficient (Wildman–Crippen LogP) is 2.95. The molecular weight excluding hydrogens is 223 g/mol. The molecule has 1 saturated carbocycles. The van der Waals surface area contributed by atoms with Gasteiger partial charge in [-0.2, -0.15) is 13.2 Å². The van der Waals surface area contributed by atoms with Crippen LogP contribution >= 0.6 is 0 Å². The lowest BCUT2D eigenvalue weighted by Gasteiger charge is -2.41. The maximum Gasteiger partial charge on any atom is 0.411 e. The summed E-state index contributed by atoms with van der Waals surface area (Å²) in [5, 5.41) is 0. The van der Waals surface area contributed by atoms with E-state index in [9.17, 15) is 18.0 Å². The van der Waals surface area contributed by atoms with Crippen LogP contribution in [0.15, 0.2) is 0 Å². The molecule has 6 heteroatoms. The fraction of sp³-hybridized carbons (Fsp3) is 0.900. The van der Waals surface area contributed by atoms with Gasteiger partial charge in [-0.25, -0.2) is 4.79 Å². The van der Waals surface area contributed by atoms with Crippen molar-refractivity contribution in [2.75, 3.05) is 7.11 Å². The van der Waals surface area contributed by atoms with Gasteiger partial charge in [0.15, 0.2) is 0 Å². The topological polar surface area (TPSA) is 29.5 Å². The van der Waals surface area contributed by atoms with Crippen LogP contribution in [0.25, 0.3) is 0 Å². The lowest BCUT2D eigenvalue weighted by atomic mass is 10.0. The van der Waals surface area contributed by atoms with E-state index >= 15 is 0 Å². The maximum atomic E-state index is 12.9. The summed E-state index contributed by atoms with van der Waals surface area (Å²) in [6.07, 6.45) is -5.44. The lowest BCUT2D eigenvalue weighted by Crippen LogP contribution is -2.59. The molecule has 0 atom stereocenters. The Morgan fingerprint density at radius 1 is 1.25 bits per heavy atom. The van der Waals surface area contributed by atoms with Crippen molar-refractivity contribution in [2.24, 2.45) is 0 Å². The second kappa shape index (κ2) is 3.53. The van der Waals surface area contributed by atoms with E-state index in [0.717, 1.165) is 12.0 Å². The Balaban J connectivity index is 3.09. The van der Waals surface area contributed by atoms with Crippen LogP contribution in [0.2, 0.25) is 0 Å². The van der Waals surface area contributed by atoms with Crippen LogP contribution in [-0.2, 0) is 4.74 Å². The highest BCUT2D eigenvalue weighted by Gasteiger charge is 2.70. The molecule has 1 amide bonds. The summed E-state index contributed by atoms with van der Waals surface area (Å²) in [5.41, 5.74) is -2.95. The van der Waals surface area contributed by atoms with Gasteiger partial charge in [0, 0.05) is 5.54 Å². The minimum atomic E-state index is -4.41. The van der Waals surface area contributed by atoms with Crippen molar-refractivity contribution in [1.82, 2.24) is 4.90 Å². The highest BCUT2D eigenvalue weighted by atomic mass is 19.4. The van der Waals surface area contributed by atoms with E-state index in [2.05, 4.69) is 4.74 Å². The first-order valence-corrected chi connectivity index (χ1v) is 5.01. The van der Waals surface area contributed by atoms with Gasteiger partial charge in [0.25, 0.3) is 0 Å². The Bertz CT molecular complexity index is 289. The third-order valence-corrected chi connectivity index (χ3v) is 2.71. The van der Waals surface area contributed by atoms with Gasteiger partial charge in [0.1, 0.15) is 5.54 Å². The average molecular weight is 239 g/mol. The molecule has 94 valence electrons. The Morgan fingerprint density at radius 2 is 1.69 bits per heavy atom. The number of amides is 1. The molecule has 0 saturated heterocycles. The second-order valence-electron chi connectivity index (χ2n) is 5.01. The molecule has 1 aliphatic carbocycles. The number of methoxy groups -OCH3 is 1. The number of rotatable bonds is 1. The molecule has 0 radical (unpaired) electrons. The first kappa shape index (κ1) is 13.1. The van der Waals surface area contributed by atoms with Gasteiger partial charge in [0.05, 0.1) is 7.11 Å². The molecule has 1 aliphatic rings. The Labute approximate surface area is 92.5 Å². The first-order valence-electron chi connectivity index (χ1n) is 5.01. The normalized spacial score (nSPS) is 19.2. The van der Waals surface area contributed by atoms with Crippen LogP contribution in [0.5, 0.6) is 0 Å². The molecule has 16 heavy (non-hydrogen) atoms. The molecule has 1 rings (SSSR count). The molecule has 0 aromatic rings. The summed E-state index contributed by atoms with van der Waals surface area (Å²) >= 11 is 0. The van der Waals surface area contributed by atoms with E-state index in [4.69, 9.17) is 0 Å². The van der Waals surface area contributed by atoms with E-state index in [1.165, 1.54) is 0 Å². The number of hydrogen-bond acceptors (Lipinski definition) is 2. The van der Waals surface area contributed by atoms with Crippen molar-refractivity contribution in [3.8, 4) is 0 Å². The summed E-state index contributed by atoms with van der Waals surface area (Å²) in [4.78, 5) is 12.3. The molecular formula is C10H16F3NO2. The zero-order valence-corrected chi connectivity index (χ0v) is 9.81. The van der Waals surface area contributed by atoms with Crippen LogP contribution in [-0.4, -0.2) is 35.4 Å². The van der Waals surface area contributed by atoms with E-state index in [1.54, 1.807) is 20.8 Å². The zero-order chi connectivity index (χ0) is 12.8. The second-order valence-corrected chi connectivity index (χ2v) is 5.01. The number of carbonyl (C=O) groups excluding carboxylic acids is 1. The third-order valence-electron chi connectivity index (χ3n) is 2.71. The summed E-state index contributed by atoms with van der Waals surface area (Å²) in [6.45, 7) is 4.70. The Hall–Kier alpha value is -0.940. The number of nitrogens with zero attached hydrogens (tertiary/aromatic N) is 1. The number of alkyl halides is 3. The lowest BCUT2D eigenvalue weighted by molar-refractivity contribution is -0.201. The van der Waals surface area contributed by atoms with Crippen molar-refractivity contribution < 1.29 is 22.7 Å². The maximum absolute atomic E-state index is 12.9. The Kier molecular flexibility index (Phi) is 2.90. The molecule has 0 aromatic carbocycles. The highest BCUT2D eigenvalue weighted by Crippen LogP contribution is 2.55. The Morgan fingerprint density at radius 3 is 1.88 bits per heavy atom. The zero-order valence-electron chi connectivity index (χ0n) is 9.81. The predicted molar refractivity (Wildman–Crippen MR) is 52.0 cm³/mol. The summed E-state index contributed by atoms with van der Waals surface area (Å²) < 4.78 is 43.2. The van der Waals surface area contributed by atoms with Crippen molar-refractivity contribution in [3.05, 3.63) is 0 Å². The molecule has 0 aliphatic heterocycles. The molecule has 3 nitrogen and oxygen atoms in total. The largest absolute Gasteiger partial charge is 0.453 e. The number of carbonyl (C=O) groups is 1. The minimum Gasteiger partial charge on any atom is -0.453 e. The SMILES string of the molecule is COC(=O)N(C(C)(C)C)C1(C(F)(F)F)CC1. The summed E-state index contributed by atoms with van der Waals surface area (Å²) in [6, 6.07) is 0. The van der Waals surface area contributed by atoms with E-state index in [0.29, 0.717) is 0 Å². The molecule has 0 spiro atoms. The van der Waals surface area contributed by atoms with Gasteiger partial charge < -0.3 is 4.74 Å². The number of halogens is 3. The van der Waals surface area contributed by atoms with Gasteiger partial charge in [-0.1, -0.05) is 0 Å². The molecule has 0 unspecified atom stereocenters. The number of ether oxygens (including phenoxy) is 1. The van der Waals surface area contributed by atoms with Crippen molar-refractivity contribution in [3.63, 3.8) is 0 Å². The molecule has 0 heterocycles. The van der Waals surface area contributed by atoms with Crippen molar-refractivity contribution in [1.29, 1.82) is 0 Å². The van der Waals surface area contributed by atoms with Crippen molar-refractivity contribution in [2.45, 2.75) is 50.9 Å². The van der Waals surface area contributed by atoms with Gasteiger partial charge in [0.2, 0.25) is 0 Å². The molecule has 0 aromatic heterocycles. The molecule has 0 bridgehead atoms. The molecule has 0 N–H and O–H groups in total. The highest BCUT2D eigenvalue weighted by molar-refractivity contribution is 5.70. The van der Waals surface area contributed by atoms with Crippen LogP contribution in [0.1, 0.15) is 33.6 Å². The molecule has 1 fully saturated rings. The quantitative estimate of drug-likeness (QED) is 0.704. The van der Waals surface area contributed by atoms with E-state index < -0.39 is 23.3 Å². The fourth-order valence-corrected chi connectivity index (χ4v) is 1.93. The van der Waals surface area contributed by atoms with Crippen LogP contribution < -0.4 is 0 Å². The number of hydrogen-bond donors (Lipinski definition) is 0. The monoisotopic (exact) mass is 239 g/mol. The van der Waals surface area contributed by atoms with Gasteiger partial charge in [-0.05, 0) is 33.6 Å². The van der Waals surface area contributed by atoms with Gasteiger partial charge in [-0.15, -0.1) is 0 Å². The minimum absolute atomic E-state index is 0.0527. The fourth-order valence-electron chi connectivity index (χ4n) is 1.93. The summed E-state index contributed by atoms with van der Waals surface area (Å²) in [5.74, 6) is 0. The van der Waals surface area contributed by atoms with Crippen LogP contribution in [0, 0.1) is 0 Å². The van der Waals surface area contributed by atoms with Crippen LogP contribution in [0.3, 0.4) is 0 Å².